The Morgan fingerprint density at radius 2 is 2.40 bits per heavy atom. The molecule has 0 aromatic carbocycles. The molecular weight excluding hydrogens is 126 g/mol. The zero-order valence-corrected chi connectivity index (χ0v) is 6.09. The van der Waals surface area contributed by atoms with E-state index in [2.05, 4.69) is 16.6 Å². The highest BCUT2D eigenvalue weighted by molar-refractivity contribution is 6.48. The van der Waals surface area contributed by atoms with E-state index < -0.39 is 0 Å². The monoisotopic (exact) mass is 137 g/mol. The maximum atomic E-state index is 5.46. The summed E-state index contributed by atoms with van der Waals surface area (Å²) in [6.07, 6.45) is 0.884. The molecule has 10 heavy (non-hydrogen) atoms. The summed E-state index contributed by atoms with van der Waals surface area (Å²) in [5.74, 6) is 0. The maximum Gasteiger partial charge on any atom is 0.130 e. The fourth-order valence-corrected chi connectivity index (χ4v) is 0.924. The molecule has 0 amide bonds. The molecule has 0 radical (unpaired) electrons. The highest BCUT2D eigenvalue weighted by Gasteiger charge is 2.11. The molecule has 0 spiro atoms. The van der Waals surface area contributed by atoms with Crippen LogP contribution in [0.25, 0.3) is 0 Å². The van der Waals surface area contributed by atoms with Crippen LogP contribution < -0.4 is 5.73 Å². The van der Waals surface area contributed by atoms with Gasteiger partial charge in [0.1, 0.15) is 12.4 Å². The molecule has 0 aliphatic carbocycles. The van der Waals surface area contributed by atoms with Crippen molar-refractivity contribution in [2.45, 2.75) is 13.3 Å². The lowest BCUT2D eigenvalue weighted by Crippen LogP contribution is -2.17. The van der Waals surface area contributed by atoms with E-state index in [0.717, 1.165) is 17.8 Å². The van der Waals surface area contributed by atoms with Crippen molar-refractivity contribution in [2.75, 3.05) is 6.67 Å². The largest absolute Gasteiger partial charge is 0.397 e. The van der Waals surface area contributed by atoms with Crippen LogP contribution in [0.2, 0.25) is 0 Å². The summed E-state index contributed by atoms with van der Waals surface area (Å²) < 4.78 is 0. The Morgan fingerprint density at radius 3 is 2.80 bits per heavy atom. The number of nitrogens with zero attached hydrogens (tertiary/aromatic N) is 2. The Hall–Kier alpha value is -1.12. The first-order valence-corrected chi connectivity index (χ1v) is 3.28. The highest BCUT2D eigenvalue weighted by atomic mass is 15.0. The van der Waals surface area contributed by atoms with Crippen molar-refractivity contribution < 1.29 is 0 Å². The summed E-state index contributed by atoms with van der Waals surface area (Å²) in [6, 6.07) is 0. The lowest BCUT2D eigenvalue weighted by atomic mass is 10.1. The Kier molecular flexibility index (Phi) is 1.85. The van der Waals surface area contributed by atoms with Crippen molar-refractivity contribution in [3.05, 3.63) is 12.3 Å². The number of hydrogen-bond donors (Lipinski definition) is 1. The maximum absolute atomic E-state index is 5.46. The van der Waals surface area contributed by atoms with E-state index in [1.165, 1.54) is 0 Å². The SMILES string of the molecule is C=C(N)C1=NCN=C1CC. The smallest absolute Gasteiger partial charge is 0.130 e. The van der Waals surface area contributed by atoms with Gasteiger partial charge in [-0.25, -0.2) is 0 Å². The average molecular weight is 137 g/mol. The minimum atomic E-state index is 0.523. The molecule has 1 aliphatic heterocycles. The third kappa shape index (κ3) is 1.07. The number of nitrogens with two attached hydrogens (primary N) is 1. The molecule has 1 heterocycles. The Morgan fingerprint density at radius 1 is 1.70 bits per heavy atom. The molecule has 2 N–H and O–H groups in total. The van der Waals surface area contributed by atoms with Crippen molar-refractivity contribution in [1.29, 1.82) is 0 Å². The molecule has 54 valence electrons. The van der Waals surface area contributed by atoms with Crippen molar-refractivity contribution in [3.63, 3.8) is 0 Å². The minimum Gasteiger partial charge on any atom is -0.397 e. The zero-order valence-electron chi connectivity index (χ0n) is 6.09. The second-order valence-electron chi connectivity index (χ2n) is 2.13. The first-order valence-electron chi connectivity index (χ1n) is 3.28. The van der Waals surface area contributed by atoms with Crippen molar-refractivity contribution in [1.82, 2.24) is 0 Å². The molecule has 0 atom stereocenters. The molecule has 0 aromatic rings. The van der Waals surface area contributed by atoms with E-state index in [9.17, 15) is 0 Å². The zero-order chi connectivity index (χ0) is 7.56. The molecule has 3 heteroatoms. The number of rotatable bonds is 2. The van der Waals surface area contributed by atoms with Crippen LogP contribution in [-0.4, -0.2) is 18.1 Å². The molecular formula is C7H11N3. The average Bonchev–Trinajstić information content (AvgIpc) is 2.33. The predicted octanol–water partition coefficient (Wildman–Crippen LogP) is 0.722. The van der Waals surface area contributed by atoms with Crippen LogP contribution in [0.4, 0.5) is 0 Å². The van der Waals surface area contributed by atoms with Crippen LogP contribution in [0.15, 0.2) is 22.3 Å². The van der Waals surface area contributed by atoms with Crippen LogP contribution in [0, 0.1) is 0 Å². The summed E-state index contributed by atoms with van der Waals surface area (Å²) in [5, 5.41) is 0. The Labute approximate surface area is 60.4 Å². The van der Waals surface area contributed by atoms with E-state index >= 15 is 0 Å². The van der Waals surface area contributed by atoms with Gasteiger partial charge in [0.2, 0.25) is 0 Å². The molecule has 0 fully saturated rings. The standard InChI is InChI=1S/C7H11N3/c1-3-6-7(5(2)8)10-4-9-6/h2-4,8H2,1H3. The van der Waals surface area contributed by atoms with Gasteiger partial charge < -0.3 is 5.73 Å². The first-order chi connectivity index (χ1) is 4.75. The van der Waals surface area contributed by atoms with Gasteiger partial charge in [-0.05, 0) is 6.42 Å². The first kappa shape index (κ1) is 6.99. The Balaban J connectivity index is 2.79. The van der Waals surface area contributed by atoms with Crippen LogP contribution >= 0.6 is 0 Å². The lowest BCUT2D eigenvalue weighted by molar-refractivity contribution is 1.09. The molecule has 1 aliphatic rings. The van der Waals surface area contributed by atoms with Crippen LogP contribution in [0.3, 0.4) is 0 Å². The van der Waals surface area contributed by atoms with Gasteiger partial charge in [-0.1, -0.05) is 13.5 Å². The molecule has 0 aromatic heterocycles. The summed E-state index contributed by atoms with van der Waals surface area (Å²) >= 11 is 0. The van der Waals surface area contributed by atoms with Crippen molar-refractivity contribution in [2.24, 2.45) is 15.7 Å². The van der Waals surface area contributed by atoms with Crippen molar-refractivity contribution >= 4 is 11.4 Å². The van der Waals surface area contributed by atoms with Gasteiger partial charge >= 0.3 is 0 Å². The third-order valence-electron chi connectivity index (χ3n) is 1.40. The highest BCUT2D eigenvalue weighted by Crippen LogP contribution is 2.03. The van der Waals surface area contributed by atoms with Gasteiger partial charge in [0.25, 0.3) is 0 Å². The summed E-state index contributed by atoms with van der Waals surface area (Å²) in [5.41, 5.74) is 7.76. The number of allylic oxidation sites excluding steroid dienone is 1. The van der Waals surface area contributed by atoms with E-state index in [1.807, 2.05) is 6.92 Å². The van der Waals surface area contributed by atoms with Crippen LogP contribution in [0.5, 0.6) is 0 Å². The molecule has 0 bridgehead atoms. The summed E-state index contributed by atoms with van der Waals surface area (Å²) in [6.45, 7) is 6.15. The van der Waals surface area contributed by atoms with Gasteiger partial charge in [0.05, 0.1) is 11.4 Å². The van der Waals surface area contributed by atoms with Gasteiger partial charge in [-0.3, -0.25) is 9.98 Å². The number of aliphatic imine (C=N–C) groups is 2. The van der Waals surface area contributed by atoms with Crippen molar-refractivity contribution in [3.8, 4) is 0 Å². The van der Waals surface area contributed by atoms with E-state index in [4.69, 9.17) is 5.73 Å². The van der Waals surface area contributed by atoms with Gasteiger partial charge in [-0.2, -0.15) is 0 Å². The van der Waals surface area contributed by atoms with Crippen LogP contribution in [-0.2, 0) is 0 Å². The molecule has 3 nitrogen and oxygen atoms in total. The fraction of sp³-hybridized carbons (Fsp3) is 0.429. The normalized spacial score (nSPS) is 16.5. The molecule has 1 rings (SSSR count). The molecule has 0 unspecified atom stereocenters. The van der Waals surface area contributed by atoms with E-state index in [0.29, 0.717) is 12.4 Å². The summed E-state index contributed by atoms with van der Waals surface area (Å²) in [7, 11) is 0. The lowest BCUT2D eigenvalue weighted by Gasteiger charge is -1.99. The third-order valence-corrected chi connectivity index (χ3v) is 1.40. The molecule has 0 saturated carbocycles. The molecule has 0 saturated heterocycles. The van der Waals surface area contributed by atoms with Gasteiger partial charge in [0.15, 0.2) is 0 Å². The quantitative estimate of drug-likeness (QED) is 0.599. The number of hydrogen-bond acceptors (Lipinski definition) is 3. The summed E-state index contributed by atoms with van der Waals surface area (Å²) in [4.78, 5) is 8.20. The van der Waals surface area contributed by atoms with Gasteiger partial charge in [0, 0.05) is 0 Å². The second-order valence-corrected chi connectivity index (χ2v) is 2.13. The van der Waals surface area contributed by atoms with E-state index in [1.54, 1.807) is 0 Å². The second kappa shape index (κ2) is 2.64. The van der Waals surface area contributed by atoms with E-state index in [-0.39, 0.29) is 0 Å². The fourth-order valence-electron chi connectivity index (χ4n) is 0.924. The topological polar surface area (TPSA) is 50.7 Å². The van der Waals surface area contributed by atoms with Crippen LogP contribution in [0.1, 0.15) is 13.3 Å². The Bertz CT molecular complexity index is 213. The minimum absolute atomic E-state index is 0.523. The predicted molar refractivity (Wildman–Crippen MR) is 43.4 cm³/mol. The van der Waals surface area contributed by atoms with Gasteiger partial charge in [-0.15, -0.1) is 0 Å².